The smallest absolute Gasteiger partial charge is 0.225 e. The Balaban J connectivity index is 2.72. The molecule has 0 radical (unpaired) electrons. The molecule has 0 aliphatic rings. The first kappa shape index (κ1) is 11.9. The molecule has 4 heteroatoms. The zero-order chi connectivity index (χ0) is 11.1. The van der Waals surface area contributed by atoms with Crippen LogP contribution >= 0.6 is 0 Å². The third kappa shape index (κ3) is 3.47. The van der Waals surface area contributed by atoms with Crippen molar-refractivity contribution >= 4 is 5.95 Å². The van der Waals surface area contributed by atoms with Crippen LogP contribution in [0.15, 0.2) is 12.3 Å². The van der Waals surface area contributed by atoms with Crippen LogP contribution in [-0.2, 0) is 6.54 Å². The van der Waals surface area contributed by atoms with Crippen LogP contribution in [0.2, 0.25) is 0 Å². The predicted octanol–water partition coefficient (Wildman–Crippen LogP) is 1.43. The lowest BCUT2D eigenvalue weighted by Gasteiger charge is -2.18. The zero-order valence-corrected chi connectivity index (χ0v) is 9.82. The largest absolute Gasteiger partial charge is 0.341 e. The first-order valence-corrected chi connectivity index (χ1v) is 5.59. The molecule has 1 aromatic rings. The SMILES string of the molecule is CCNCc1ccnc(N(CC)CC)n1. The summed E-state index contributed by atoms with van der Waals surface area (Å²) in [5.41, 5.74) is 1.05. The van der Waals surface area contributed by atoms with Gasteiger partial charge in [-0.1, -0.05) is 6.92 Å². The summed E-state index contributed by atoms with van der Waals surface area (Å²) in [4.78, 5) is 10.9. The lowest BCUT2D eigenvalue weighted by atomic mass is 10.4. The van der Waals surface area contributed by atoms with Crippen molar-refractivity contribution in [2.45, 2.75) is 27.3 Å². The standard InChI is InChI=1S/C11H20N4/c1-4-12-9-10-7-8-13-11(14-10)15(5-2)6-3/h7-8,12H,4-6,9H2,1-3H3. The highest BCUT2D eigenvalue weighted by Crippen LogP contribution is 2.06. The Morgan fingerprint density at radius 2 is 2.00 bits per heavy atom. The molecule has 0 atom stereocenters. The summed E-state index contributed by atoms with van der Waals surface area (Å²) >= 11 is 0. The van der Waals surface area contributed by atoms with Crippen molar-refractivity contribution in [2.75, 3.05) is 24.5 Å². The van der Waals surface area contributed by atoms with E-state index in [0.717, 1.165) is 37.8 Å². The lowest BCUT2D eigenvalue weighted by molar-refractivity contribution is 0.703. The Kier molecular flexibility index (Phi) is 5.04. The Hall–Kier alpha value is -1.16. The second-order valence-corrected chi connectivity index (χ2v) is 3.30. The molecule has 1 heterocycles. The highest BCUT2D eigenvalue weighted by Gasteiger charge is 2.05. The Bertz CT molecular complexity index is 284. The van der Waals surface area contributed by atoms with Crippen LogP contribution in [0.5, 0.6) is 0 Å². The first-order chi connectivity index (χ1) is 7.31. The van der Waals surface area contributed by atoms with Crippen LogP contribution in [0.4, 0.5) is 5.95 Å². The van der Waals surface area contributed by atoms with Gasteiger partial charge >= 0.3 is 0 Å². The van der Waals surface area contributed by atoms with E-state index in [1.165, 1.54) is 0 Å². The van der Waals surface area contributed by atoms with Crippen LogP contribution in [0.1, 0.15) is 26.5 Å². The summed E-state index contributed by atoms with van der Waals surface area (Å²) < 4.78 is 0. The molecule has 0 aromatic carbocycles. The van der Waals surface area contributed by atoms with E-state index in [1.54, 1.807) is 0 Å². The van der Waals surface area contributed by atoms with Crippen LogP contribution in [0, 0.1) is 0 Å². The number of hydrogen-bond donors (Lipinski definition) is 1. The van der Waals surface area contributed by atoms with Gasteiger partial charge in [0.25, 0.3) is 0 Å². The molecule has 1 aromatic heterocycles. The molecular formula is C11H20N4. The Labute approximate surface area is 91.7 Å². The maximum absolute atomic E-state index is 4.50. The third-order valence-electron chi connectivity index (χ3n) is 2.30. The van der Waals surface area contributed by atoms with Gasteiger partial charge in [0.05, 0.1) is 5.69 Å². The van der Waals surface area contributed by atoms with Crippen molar-refractivity contribution in [1.82, 2.24) is 15.3 Å². The molecule has 0 amide bonds. The number of nitrogens with zero attached hydrogens (tertiary/aromatic N) is 3. The van der Waals surface area contributed by atoms with E-state index in [4.69, 9.17) is 0 Å². The number of nitrogens with one attached hydrogen (secondary N) is 1. The molecular weight excluding hydrogens is 188 g/mol. The fourth-order valence-corrected chi connectivity index (χ4v) is 1.39. The van der Waals surface area contributed by atoms with Crippen LogP contribution in [-0.4, -0.2) is 29.6 Å². The summed E-state index contributed by atoms with van der Waals surface area (Å²) in [6.07, 6.45) is 1.83. The molecule has 0 spiro atoms. The monoisotopic (exact) mass is 208 g/mol. The molecule has 4 nitrogen and oxygen atoms in total. The van der Waals surface area contributed by atoms with E-state index >= 15 is 0 Å². The molecule has 84 valence electrons. The fourth-order valence-electron chi connectivity index (χ4n) is 1.39. The Morgan fingerprint density at radius 1 is 1.27 bits per heavy atom. The van der Waals surface area contributed by atoms with E-state index in [1.807, 2.05) is 12.3 Å². The molecule has 0 saturated heterocycles. The van der Waals surface area contributed by atoms with Crippen molar-refractivity contribution in [3.05, 3.63) is 18.0 Å². The molecule has 0 saturated carbocycles. The van der Waals surface area contributed by atoms with Gasteiger partial charge in [-0.2, -0.15) is 0 Å². The zero-order valence-electron chi connectivity index (χ0n) is 9.82. The maximum atomic E-state index is 4.50. The molecule has 1 N–H and O–H groups in total. The van der Waals surface area contributed by atoms with E-state index in [-0.39, 0.29) is 0 Å². The van der Waals surface area contributed by atoms with E-state index in [9.17, 15) is 0 Å². The maximum Gasteiger partial charge on any atom is 0.225 e. The summed E-state index contributed by atoms with van der Waals surface area (Å²) in [5, 5.41) is 3.26. The highest BCUT2D eigenvalue weighted by atomic mass is 15.2. The van der Waals surface area contributed by atoms with E-state index in [0.29, 0.717) is 0 Å². The number of hydrogen-bond acceptors (Lipinski definition) is 4. The Morgan fingerprint density at radius 3 is 2.60 bits per heavy atom. The average Bonchev–Trinajstić information content (AvgIpc) is 2.29. The van der Waals surface area contributed by atoms with Crippen molar-refractivity contribution < 1.29 is 0 Å². The third-order valence-corrected chi connectivity index (χ3v) is 2.30. The van der Waals surface area contributed by atoms with Crippen molar-refractivity contribution in [1.29, 1.82) is 0 Å². The van der Waals surface area contributed by atoms with Gasteiger partial charge in [0, 0.05) is 25.8 Å². The van der Waals surface area contributed by atoms with E-state index in [2.05, 4.69) is 41.0 Å². The van der Waals surface area contributed by atoms with Gasteiger partial charge in [-0.15, -0.1) is 0 Å². The van der Waals surface area contributed by atoms with Crippen molar-refractivity contribution in [3.8, 4) is 0 Å². The molecule has 0 fully saturated rings. The van der Waals surface area contributed by atoms with E-state index < -0.39 is 0 Å². The van der Waals surface area contributed by atoms with Gasteiger partial charge in [-0.05, 0) is 26.5 Å². The highest BCUT2D eigenvalue weighted by molar-refractivity contribution is 5.29. The minimum atomic E-state index is 0.813. The van der Waals surface area contributed by atoms with Gasteiger partial charge in [0.15, 0.2) is 0 Å². The first-order valence-electron chi connectivity index (χ1n) is 5.59. The normalized spacial score (nSPS) is 10.3. The number of anilines is 1. The van der Waals surface area contributed by atoms with Gasteiger partial charge < -0.3 is 10.2 Å². The second-order valence-electron chi connectivity index (χ2n) is 3.30. The topological polar surface area (TPSA) is 41.1 Å². The quantitative estimate of drug-likeness (QED) is 0.768. The molecule has 0 unspecified atom stereocenters. The molecule has 15 heavy (non-hydrogen) atoms. The minimum Gasteiger partial charge on any atom is -0.341 e. The average molecular weight is 208 g/mol. The molecule has 1 rings (SSSR count). The molecule has 0 aliphatic heterocycles. The van der Waals surface area contributed by atoms with Gasteiger partial charge in [-0.3, -0.25) is 0 Å². The van der Waals surface area contributed by atoms with Crippen LogP contribution in [0.25, 0.3) is 0 Å². The summed E-state index contributed by atoms with van der Waals surface area (Å²) in [7, 11) is 0. The van der Waals surface area contributed by atoms with Crippen LogP contribution < -0.4 is 10.2 Å². The summed E-state index contributed by atoms with van der Waals surface area (Å²) in [6, 6.07) is 1.95. The van der Waals surface area contributed by atoms with Crippen molar-refractivity contribution in [2.24, 2.45) is 0 Å². The van der Waals surface area contributed by atoms with Gasteiger partial charge in [0.1, 0.15) is 0 Å². The predicted molar refractivity (Wildman–Crippen MR) is 63.0 cm³/mol. The summed E-state index contributed by atoms with van der Waals surface area (Å²) in [6.45, 7) is 9.99. The fraction of sp³-hybridized carbons (Fsp3) is 0.636. The lowest BCUT2D eigenvalue weighted by Crippen LogP contribution is -2.25. The van der Waals surface area contributed by atoms with Crippen LogP contribution in [0.3, 0.4) is 0 Å². The molecule has 0 bridgehead atoms. The van der Waals surface area contributed by atoms with Gasteiger partial charge in [-0.25, -0.2) is 9.97 Å². The summed E-state index contributed by atoms with van der Waals surface area (Å²) in [5.74, 6) is 0.829. The number of rotatable bonds is 6. The van der Waals surface area contributed by atoms with Crippen molar-refractivity contribution in [3.63, 3.8) is 0 Å². The molecule has 0 aliphatic carbocycles. The second kappa shape index (κ2) is 6.35. The minimum absolute atomic E-state index is 0.813. The number of aromatic nitrogens is 2. The van der Waals surface area contributed by atoms with Gasteiger partial charge in [0.2, 0.25) is 5.95 Å².